The van der Waals surface area contributed by atoms with Crippen LogP contribution in [0.2, 0.25) is 23.2 Å². The van der Waals surface area contributed by atoms with Crippen LogP contribution in [0.15, 0.2) is 72.8 Å². The van der Waals surface area contributed by atoms with E-state index < -0.39 is 16.6 Å². The number of hydrogen-bond acceptors (Lipinski definition) is 3. The number of rotatable bonds is 12. The number of allylic oxidation sites excluding steroid dienone is 1. The van der Waals surface area contributed by atoms with Crippen molar-refractivity contribution in [2.24, 2.45) is 11.3 Å². The molecule has 5 heteroatoms. The molecule has 0 saturated carbocycles. The Labute approximate surface area is 241 Å². The zero-order chi connectivity index (χ0) is 29.5. The summed E-state index contributed by atoms with van der Waals surface area (Å²) in [5.74, 6) is 2.90. The van der Waals surface area contributed by atoms with Crippen LogP contribution in [0.3, 0.4) is 0 Å². The van der Waals surface area contributed by atoms with Crippen molar-refractivity contribution in [2.75, 3.05) is 13.2 Å². The lowest BCUT2D eigenvalue weighted by atomic mass is 9.75. The average molecular weight is 565 g/mol. The van der Waals surface area contributed by atoms with E-state index in [1.807, 2.05) is 6.08 Å². The molecule has 2 aromatic carbocycles. The van der Waals surface area contributed by atoms with Gasteiger partial charge in [0.1, 0.15) is 0 Å². The lowest BCUT2D eigenvalue weighted by Gasteiger charge is -2.48. The summed E-state index contributed by atoms with van der Waals surface area (Å²) in [5.41, 5.74) is -0.321. The Morgan fingerprint density at radius 2 is 1.33 bits per heavy atom. The summed E-state index contributed by atoms with van der Waals surface area (Å²) in [7, 11) is -4.89. The number of hydrogen-bond donors (Lipinski definition) is 1. The van der Waals surface area contributed by atoms with Crippen molar-refractivity contribution in [3.63, 3.8) is 0 Å². The van der Waals surface area contributed by atoms with E-state index in [9.17, 15) is 5.11 Å². The Morgan fingerprint density at radius 3 is 1.72 bits per heavy atom. The maximum Gasteiger partial charge on any atom is 0.261 e. The Balaban J connectivity index is 2.71. The van der Waals surface area contributed by atoms with E-state index in [1.165, 1.54) is 10.4 Å². The van der Waals surface area contributed by atoms with Gasteiger partial charge in [0.2, 0.25) is 0 Å². The number of aliphatic hydroxyl groups excluding tert-OH is 1. The minimum atomic E-state index is -2.76. The Morgan fingerprint density at radius 1 is 0.846 bits per heavy atom. The normalized spacial score (nSPS) is 15.2. The van der Waals surface area contributed by atoms with E-state index in [1.54, 1.807) is 0 Å². The second kappa shape index (κ2) is 13.1. The SMILES string of the molecule is C#CC[C@H](O[Si](C)(C)C(C)(C)C)[C@@H](CO[Si](c1ccccc1)(c1ccccc1)C(C)(C)C)C(C)(C)/C=C/CO. The maximum atomic E-state index is 9.64. The van der Waals surface area contributed by atoms with Crippen LogP contribution in [0, 0.1) is 23.7 Å². The summed E-state index contributed by atoms with van der Waals surface area (Å²) < 4.78 is 14.5. The molecule has 0 radical (unpaired) electrons. The molecule has 39 heavy (non-hydrogen) atoms. The van der Waals surface area contributed by atoms with E-state index >= 15 is 0 Å². The maximum absolute atomic E-state index is 9.64. The third kappa shape index (κ3) is 7.83. The van der Waals surface area contributed by atoms with Gasteiger partial charge in [-0.05, 0) is 39.0 Å². The van der Waals surface area contributed by atoms with E-state index in [0.29, 0.717) is 13.0 Å². The molecule has 0 aliphatic carbocycles. The fourth-order valence-corrected chi connectivity index (χ4v) is 11.1. The molecule has 0 saturated heterocycles. The van der Waals surface area contributed by atoms with Gasteiger partial charge in [-0.25, -0.2) is 0 Å². The quantitative estimate of drug-likeness (QED) is 0.169. The van der Waals surface area contributed by atoms with Crippen LogP contribution in [0.4, 0.5) is 0 Å². The molecule has 0 fully saturated rings. The van der Waals surface area contributed by atoms with Crippen molar-refractivity contribution in [1.29, 1.82) is 0 Å². The van der Waals surface area contributed by atoms with Gasteiger partial charge in [0.15, 0.2) is 8.32 Å². The fraction of sp³-hybridized carbons (Fsp3) is 0.529. The second-order valence-electron chi connectivity index (χ2n) is 13.8. The van der Waals surface area contributed by atoms with Gasteiger partial charge >= 0.3 is 0 Å². The van der Waals surface area contributed by atoms with Gasteiger partial charge in [-0.2, -0.15) is 0 Å². The third-order valence-electron chi connectivity index (χ3n) is 8.52. The van der Waals surface area contributed by atoms with E-state index in [4.69, 9.17) is 15.3 Å². The molecule has 214 valence electrons. The summed E-state index contributed by atoms with van der Waals surface area (Å²) >= 11 is 0. The molecule has 2 atom stereocenters. The number of terminal acetylenes is 1. The first-order valence-corrected chi connectivity index (χ1v) is 19.0. The van der Waals surface area contributed by atoms with Gasteiger partial charge in [0.25, 0.3) is 8.32 Å². The zero-order valence-corrected chi connectivity index (χ0v) is 28.0. The topological polar surface area (TPSA) is 38.7 Å². The van der Waals surface area contributed by atoms with E-state index in [0.717, 1.165) is 0 Å². The van der Waals surface area contributed by atoms with E-state index in [2.05, 4.69) is 141 Å². The Hall–Kier alpha value is -1.95. The van der Waals surface area contributed by atoms with Gasteiger partial charge in [-0.3, -0.25) is 0 Å². The molecule has 0 aromatic heterocycles. The van der Waals surface area contributed by atoms with Crippen LogP contribution < -0.4 is 10.4 Å². The highest BCUT2D eigenvalue weighted by Gasteiger charge is 2.52. The molecule has 0 aliphatic heterocycles. The number of aliphatic hydroxyl groups is 1. The predicted molar refractivity (Wildman–Crippen MR) is 173 cm³/mol. The highest BCUT2D eigenvalue weighted by atomic mass is 28.4. The first kappa shape index (κ1) is 33.3. The second-order valence-corrected chi connectivity index (χ2v) is 22.9. The standard InChI is InChI=1S/C34H52O3Si2/c1-12-20-31(37-38(10,11)32(2,3)4)30(34(8,9)25-19-26-35)27-36-39(33(5,6)7,28-21-15-13-16-22-28)29-23-17-14-18-24-29/h1,13-19,21-25,30-31,35H,20,26-27H2,2-11H3/b25-19+/t30-,31+/m1/s1. The van der Waals surface area contributed by atoms with Crippen molar-refractivity contribution < 1.29 is 14.0 Å². The molecule has 2 rings (SSSR count). The molecule has 0 heterocycles. The average Bonchev–Trinajstić information content (AvgIpc) is 2.84. The molecular formula is C34H52O3Si2. The highest BCUT2D eigenvalue weighted by Crippen LogP contribution is 2.43. The monoisotopic (exact) mass is 564 g/mol. The van der Waals surface area contributed by atoms with Crippen LogP contribution >= 0.6 is 0 Å². The van der Waals surface area contributed by atoms with Crippen molar-refractivity contribution >= 4 is 27.0 Å². The minimum Gasteiger partial charge on any atom is -0.413 e. The molecule has 0 amide bonds. The predicted octanol–water partition coefficient (Wildman–Crippen LogP) is 7.17. The largest absolute Gasteiger partial charge is 0.413 e. The van der Waals surface area contributed by atoms with Gasteiger partial charge in [-0.1, -0.05) is 128 Å². The summed E-state index contributed by atoms with van der Waals surface area (Å²) in [6.45, 7) is 23.2. The molecule has 0 unspecified atom stereocenters. The lowest BCUT2D eigenvalue weighted by Crippen LogP contribution is -2.67. The first-order chi connectivity index (χ1) is 18.0. The van der Waals surface area contributed by atoms with Gasteiger partial charge in [0.05, 0.1) is 12.7 Å². The van der Waals surface area contributed by atoms with Crippen LogP contribution in [0.25, 0.3) is 0 Å². The van der Waals surface area contributed by atoms with Gasteiger partial charge < -0.3 is 14.0 Å². The van der Waals surface area contributed by atoms with Crippen molar-refractivity contribution in [3.05, 3.63) is 72.8 Å². The number of benzene rings is 2. The molecular weight excluding hydrogens is 513 g/mol. The van der Waals surface area contributed by atoms with Crippen LogP contribution in [-0.4, -0.2) is 41.1 Å². The molecule has 2 aromatic rings. The molecule has 0 aliphatic rings. The van der Waals surface area contributed by atoms with Crippen molar-refractivity contribution in [1.82, 2.24) is 0 Å². The summed E-state index contributed by atoms with van der Waals surface area (Å²) in [5, 5.41) is 12.1. The van der Waals surface area contributed by atoms with Crippen LogP contribution in [0.1, 0.15) is 61.8 Å². The minimum absolute atomic E-state index is 0.00534. The lowest BCUT2D eigenvalue weighted by molar-refractivity contribution is 0.0316. The van der Waals surface area contributed by atoms with Crippen LogP contribution in [-0.2, 0) is 8.85 Å². The van der Waals surface area contributed by atoms with E-state index in [-0.39, 0.29) is 34.1 Å². The van der Waals surface area contributed by atoms with Gasteiger partial charge in [-0.15, -0.1) is 12.3 Å². The Bertz CT molecular complexity index is 1050. The highest BCUT2D eigenvalue weighted by molar-refractivity contribution is 6.99. The van der Waals surface area contributed by atoms with Gasteiger partial charge in [0, 0.05) is 18.9 Å². The zero-order valence-electron chi connectivity index (χ0n) is 26.0. The molecule has 0 spiro atoms. The molecule has 1 N–H and O–H groups in total. The Kier molecular flexibility index (Phi) is 11.2. The molecule has 3 nitrogen and oxygen atoms in total. The summed E-state index contributed by atoms with van der Waals surface area (Å²) in [4.78, 5) is 0. The third-order valence-corrected chi connectivity index (χ3v) is 18.0. The smallest absolute Gasteiger partial charge is 0.261 e. The van der Waals surface area contributed by atoms with Crippen molar-refractivity contribution in [2.45, 2.75) is 91.1 Å². The van der Waals surface area contributed by atoms with Crippen molar-refractivity contribution in [3.8, 4) is 12.3 Å². The molecule has 0 bridgehead atoms. The summed E-state index contributed by atoms with van der Waals surface area (Å²) in [6, 6.07) is 21.5. The fourth-order valence-electron chi connectivity index (χ4n) is 5.20. The van der Waals surface area contributed by atoms with Crippen LogP contribution in [0.5, 0.6) is 0 Å². The summed E-state index contributed by atoms with van der Waals surface area (Å²) in [6.07, 6.45) is 10.2. The first-order valence-electron chi connectivity index (χ1n) is 14.2.